The third-order valence-electron chi connectivity index (χ3n) is 4.90. The number of rotatable bonds is 5. The highest BCUT2D eigenvalue weighted by atomic mass is 19.4. The summed E-state index contributed by atoms with van der Waals surface area (Å²) in [6, 6.07) is 0.240. The molecule has 0 unspecified atom stereocenters. The summed E-state index contributed by atoms with van der Waals surface area (Å²) in [5.74, 6) is -1.49. The van der Waals surface area contributed by atoms with E-state index in [0.29, 0.717) is 25.8 Å². The Hall–Kier alpha value is -0.780. The third kappa shape index (κ3) is 4.11. The fourth-order valence-corrected chi connectivity index (χ4v) is 3.31. The Morgan fingerprint density at radius 3 is 2.14 bits per heavy atom. The van der Waals surface area contributed by atoms with E-state index in [1.165, 1.54) is 0 Å². The van der Waals surface area contributed by atoms with Crippen LogP contribution in [0.1, 0.15) is 51.4 Å². The molecule has 2 fully saturated rings. The molecule has 0 bridgehead atoms. The molecule has 2 rings (SSSR count). The molecule has 2 saturated carbocycles. The van der Waals surface area contributed by atoms with Crippen LogP contribution < -0.4 is 0 Å². The number of hydrogen-bond donors (Lipinski definition) is 1. The van der Waals surface area contributed by atoms with Crippen molar-refractivity contribution in [1.29, 1.82) is 0 Å². The van der Waals surface area contributed by atoms with Crippen LogP contribution in [0, 0.1) is 11.8 Å². The lowest BCUT2D eigenvalue weighted by Gasteiger charge is -2.40. The third-order valence-corrected chi connectivity index (χ3v) is 4.90. The first-order valence-electron chi connectivity index (χ1n) is 7.91. The summed E-state index contributed by atoms with van der Waals surface area (Å²) in [6.07, 6.45) is 0.296. The summed E-state index contributed by atoms with van der Waals surface area (Å²) < 4.78 is 38.0. The zero-order chi connectivity index (χ0) is 15.5. The number of alkyl halides is 3. The lowest BCUT2D eigenvalue weighted by Crippen LogP contribution is -2.48. The molecular formula is C15H24F3NO2. The lowest BCUT2D eigenvalue weighted by molar-refractivity contribution is -0.185. The highest BCUT2D eigenvalue weighted by molar-refractivity contribution is 5.79. The van der Waals surface area contributed by atoms with Gasteiger partial charge in [-0.05, 0) is 51.4 Å². The molecule has 0 radical (unpaired) electrons. The van der Waals surface area contributed by atoms with Crippen molar-refractivity contribution in [1.82, 2.24) is 4.90 Å². The lowest BCUT2D eigenvalue weighted by atomic mass is 9.80. The van der Waals surface area contributed by atoms with Gasteiger partial charge in [-0.15, -0.1) is 0 Å². The molecule has 2 aliphatic rings. The molecule has 0 heterocycles. The smallest absolute Gasteiger partial charge is 0.391 e. The molecule has 3 nitrogen and oxygen atoms in total. The van der Waals surface area contributed by atoms with Crippen LogP contribution in [0.4, 0.5) is 13.2 Å². The van der Waals surface area contributed by atoms with E-state index in [1.54, 1.807) is 0 Å². The van der Waals surface area contributed by atoms with Crippen molar-refractivity contribution in [2.24, 2.45) is 11.8 Å². The topological polar surface area (TPSA) is 40.5 Å². The summed E-state index contributed by atoms with van der Waals surface area (Å²) in [6.45, 7) is 0.566. The molecule has 0 atom stereocenters. The molecule has 2 aliphatic carbocycles. The van der Waals surface area contributed by atoms with Gasteiger partial charge in [0.05, 0.1) is 5.92 Å². The second-order valence-corrected chi connectivity index (χ2v) is 6.28. The van der Waals surface area contributed by atoms with Gasteiger partial charge in [-0.2, -0.15) is 13.2 Å². The van der Waals surface area contributed by atoms with E-state index in [4.69, 9.17) is 5.11 Å². The van der Waals surface area contributed by atoms with Crippen molar-refractivity contribution in [2.45, 2.75) is 63.6 Å². The van der Waals surface area contributed by atoms with Crippen molar-refractivity contribution in [3.8, 4) is 0 Å². The van der Waals surface area contributed by atoms with Crippen LogP contribution >= 0.6 is 0 Å². The van der Waals surface area contributed by atoms with Crippen LogP contribution in [0.2, 0.25) is 0 Å². The molecule has 0 aromatic heterocycles. The van der Waals surface area contributed by atoms with Gasteiger partial charge < -0.3 is 10.0 Å². The minimum atomic E-state index is -4.13. The summed E-state index contributed by atoms with van der Waals surface area (Å²) in [5.41, 5.74) is 0. The molecule has 1 amide bonds. The molecule has 0 aromatic carbocycles. The van der Waals surface area contributed by atoms with E-state index in [9.17, 15) is 18.0 Å². The van der Waals surface area contributed by atoms with Crippen molar-refractivity contribution < 1.29 is 23.1 Å². The van der Waals surface area contributed by atoms with E-state index in [-0.39, 0.29) is 37.3 Å². The number of carbonyl (C=O) groups excluding carboxylic acids is 1. The van der Waals surface area contributed by atoms with Gasteiger partial charge in [0.15, 0.2) is 0 Å². The molecule has 0 spiro atoms. The van der Waals surface area contributed by atoms with E-state index in [1.807, 2.05) is 4.90 Å². The molecule has 0 aliphatic heterocycles. The number of carbonyl (C=O) groups is 1. The SMILES string of the molecule is O=C(C1CCC(C(F)(F)F)CC1)N(CCCO)C1CCC1. The molecule has 21 heavy (non-hydrogen) atoms. The van der Waals surface area contributed by atoms with E-state index in [0.717, 1.165) is 19.3 Å². The number of aliphatic hydroxyl groups is 1. The van der Waals surface area contributed by atoms with Gasteiger partial charge in [-0.3, -0.25) is 4.79 Å². The Morgan fingerprint density at radius 1 is 1.10 bits per heavy atom. The van der Waals surface area contributed by atoms with Gasteiger partial charge in [-0.25, -0.2) is 0 Å². The molecule has 1 N–H and O–H groups in total. The van der Waals surface area contributed by atoms with Crippen molar-refractivity contribution in [3.05, 3.63) is 0 Å². The molecule has 0 aromatic rings. The Morgan fingerprint density at radius 2 is 1.71 bits per heavy atom. The largest absolute Gasteiger partial charge is 0.396 e. The number of halogens is 3. The predicted octanol–water partition coefficient (Wildman–Crippen LogP) is 3.12. The van der Waals surface area contributed by atoms with Crippen LogP contribution in [0.15, 0.2) is 0 Å². The number of nitrogens with zero attached hydrogens (tertiary/aromatic N) is 1. The molecular weight excluding hydrogens is 283 g/mol. The summed E-state index contributed by atoms with van der Waals surface area (Å²) in [5, 5.41) is 8.94. The van der Waals surface area contributed by atoms with Gasteiger partial charge in [-0.1, -0.05) is 0 Å². The van der Waals surface area contributed by atoms with Crippen molar-refractivity contribution >= 4 is 5.91 Å². The van der Waals surface area contributed by atoms with Crippen molar-refractivity contribution in [2.75, 3.05) is 13.2 Å². The van der Waals surface area contributed by atoms with Crippen molar-refractivity contribution in [3.63, 3.8) is 0 Å². The normalized spacial score (nSPS) is 27.2. The Balaban J connectivity index is 1.89. The maximum Gasteiger partial charge on any atom is 0.391 e. The highest BCUT2D eigenvalue weighted by Crippen LogP contribution is 2.40. The maximum absolute atomic E-state index is 12.7. The Bertz CT molecular complexity index is 347. The standard InChI is InChI=1S/C15H24F3NO2/c16-15(17,18)12-7-5-11(6-8-12)14(21)19(9-2-10-20)13-3-1-4-13/h11-13,20H,1-10H2. The van der Waals surface area contributed by atoms with E-state index in [2.05, 4.69) is 0 Å². The van der Waals surface area contributed by atoms with Crippen LogP contribution in [0.25, 0.3) is 0 Å². The zero-order valence-electron chi connectivity index (χ0n) is 12.2. The second kappa shape index (κ2) is 6.99. The zero-order valence-corrected chi connectivity index (χ0v) is 12.2. The Kier molecular flexibility index (Phi) is 5.52. The fourth-order valence-electron chi connectivity index (χ4n) is 3.31. The first kappa shape index (κ1) is 16.6. The maximum atomic E-state index is 12.7. The van der Waals surface area contributed by atoms with Crippen LogP contribution in [0.5, 0.6) is 0 Å². The predicted molar refractivity (Wildman–Crippen MR) is 72.6 cm³/mol. The minimum absolute atomic E-state index is 0.00812. The second-order valence-electron chi connectivity index (χ2n) is 6.28. The number of hydrogen-bond acceptors (Lipinski definition) is 2. The summed E-state index contributed by atoms with van der Waals surface area (Å²) >= 11 is 0. The minimum Gasteiger partial charge on any atom is -0.396 e. The quantitative estimate of drug-likeness (QED) is 0.848. The van der Waals surface area contributed by atoms with Gasteiger partial charge in [0.25, 0.3) is 0 Å². The molecule has 6 heteroatoms. The van der Waals surface area contributed by atoms with Gasteiger partial charge >= 0.3 is 6.18 Å². The summed E-state index contributed by atoms with van der Waals surface area (Å²) in [4.78, 5) is 14.4. The van der Waals surface area contributed by atoms with Gasteiger partial charge in [0.2, 0.25) is 5.91 Å². The Labute approximate surface area is 123 Å². The number of amides is 1. The first-order chi connectivity index (χ1) is 9.93. The highest BCUT2D eigenvalue weighted by Gasteiger charge is 2.43. The van der Waals surface area contributed by atoms with Crippen LogP contribution in [-0.2, 0) is 4.79 Å². The average molecular weight is 307 g/mol. The fraction of sp³-hybridized carbons (Fsp3) is 0.933. The van der Waals surface area contributed by atoms with Gasteiger partial charge in [0, 0.05) is 25.1 Å². The number of aliphatic hydroxyl groups excluding tert-OH is 1. The molecule has 122 valence electrons. The molecule has 0 saturated heterocycles. The summed E-state index contributed by atoms with van der Waals surface area (Å²) in [7, 11) is 0. The monoisotopic (exact) mass is 307 g/mol. The van der Waals surface area contributed by atoms with Crippen LogP contribution in [-0.4, -0.2) is 41.3 Å². The van der Waals surface area contributed by atoms with Gasteiger partial charge in [0.1, 0.15) is 0 Å². The van der Waals surface area contributed by atoms with E-state index < -0.39 is 12.1 Å². The van der Waals surface area contributed by atoms with Crippen LogP contribution in [0.3, 0.4) is 0 Å². The average Bonchev–Trinajstić information content (AvgIpc) is 2.39. The first-order valence-corrected chi connectivity index (χ1v) is 7.91. The van der Waals surface area contributed by atoms with E-state index >= 15 is 0 Å².